The van der Waals surface area contributed by atoms with Crippen molar-refractivity contribution in [3.05, 3.63) is 38.8 Å². The molecule has 1 N–H and O–H groups in total. The number of hydrogen-bond acceptors (Lipinski definition) is 5. The zero-order valence-electron chi connectivity index (χ0n) is 13.4. The Kier molecular flexibility index (Phi) is 4.93. The minimum Gasteiger partial charge on any atom is -0.345 e. The quantitative estimate of drug-likeness (QED) is 0.889. The Hall–Kier alpha value is -1.21. The molecule has 0 amide bonds. The first-order valence-corrected chi connectivity index (χ1v) is 8.61. The van der Waals surface area contributed by atoms with Gasteiger partial charge in [0.2, 0.25) is 0 Å². The van der Waals surface area contributed by atoms with Crippen molar-refractivity contribution in [3.8, 4) is 0 Å². The molecule has 0 unspecified atom stereocenters. The normalized spacial score (nSPS) is 15.8. The molecule has 1 aliphatic rings. The van der Waals surface area contributed by atoms with Gasteiger partial charge in [0.25, 0.3) is 0 Å². The maximum absolute atomic E-state index is 5.53. The number of nitrogens with one attached hydrogen (secondary N) is 1. The Morgan fingerprint density at radius 2 is 2.09 bits per heavy atom. The van der Waals surface area contributed by atoms with Crippen LogP contribution in [0.15, 0.2) is 11.4 Å². The summed E-state index contributed by atoms with van der Waals surface area (Å²) in [5.41, 5.74) is 4.95. The molecular weight excluding hydrogens is 298 g/mol. The Morgan fingerprint density at radius 1 is 1.32 bits per heavy atom. The van der Waals surface area contributed by atoms with E-state index >= 15 is 0 Å². The van der Waals surface area contributed by atoms with Crippen LogP contribution in [0.4, 0.5) is 0 Å². The van der Waals surface area contributed by atoms with Crippen LogP contribution in [0.25, 0.3) is 0 Å². The second-order valence-electron chi connectivity index (χ2n) is 5.50. The Balaban J connectivity index is 1.56. The van der Waals surface area contributed by atoms with Crippen molar-refractivity contribution in [2.45, 2.75) is 46.7 Å². The van der Waals surface area contributed by atoms with Crippen molar-refractivity contribution in [3.63, 3.8) is 0 Å². The van der Waals surface area contributed by atoms with Crippen LogP contribution in [0.1, 0.15) is 40.6 Å². The fraction of sp³-hybridized carbons (Fsp3) is 0.562. The molecule has 22 heavy (non-hydrogen) atoms. The van der Waals surface area contributed by atoms with Gasteiger partial charge >= 0.3 is 0 Å². The van der Waals surface area contributed by atoms with E-state index in [0.717, 1.165) is 30.2 Å². The van der Waals surface area contributed by atoms with Gasteiger partial charge in [0.1, 0.15) is 0 Å². The summed E-state index contributed by atoms with van der Waals surface area (Å²) in [6.45, 7) is 10.3. The number of hydrogen-bond donors (Lipinski definition) is 1. The second-order valence-corrected chi connectivity index (χ2v) is 6.44. The fourth-order valence-electron chi connectivity index (χ4n) is 2.76. The summed E-state index contributed by atoms with van der Waals surface area (Å²) in [5.74, 6) is 0. The zero-order valence-corrected chi connectivity index (χ0v) is 14.2. The number of aryl methyl sites for hydroxylation is 2. The van der Waals surface area contributed by atoms with E-state index in [-0.39, 0.29) is 6.29 Å². The number of thiophene rings is 1. The third-order valence-electron chi connectivity index (χ3n) is 3.99. The average Bonchev–Trinajstić information content (AvgIpc) is 3.22. The van der Waals surface area contributed by atoms with E-state index in [9.17, 15) is 0 Å². The minimum atomic E-state index is -0.161. The summed E-state index contributed by atoms with van der Waals surface area (Å²) >= 11 is 1.70. The molecule has 3 heterocycles. The molecule has 0 bridgehead atoms. The van der Waals surface area contributed by atoms with Crippen LogP contribution in [0.3, 0.4) is 0 Å². The van der Waals surface area contributed by atoms with Crippen LogP contribution in [-0.2, 0) is 29.1 Å². The number of aromatic nitrogens is 2. The molecule has 3 rings (SSSR count). The van der Waals surface area contributed by atoms with Gasteiger partial charge in [-0.2, -0.15) is 5.10 Å². The molecule has 120 valence electrons. The predicted octanol–water partition coefficient (Wildman–Crippen LogP) is 2.92. The Bertz CT molecular complexity index is 629. The number of ether oxygens (including phenoxy) is 2. The molecule has 1 fully saturated rings. The van der Waals surface area contributed by atoms with Crippen molar-refractivity contribution in [2.24, 2.45) is 0 Å². The highest BCUT2D eigenvalue weighted by Gasteiger charge is 2.20. The third-order valence-corrected chi connectivity index (χ3v) is 4.99. The first kappa shape index (κ1) is 15.7. The monoisotopic (exact) mass is 321 g/mol. The Morgan fingerprint density at radius 3 is 2.77 bits per heavy atom. The number of nitrogens with zero attached hydrogens (tertiary/aromatic N) is 2. The van der Waals surface area contributed by atoms with Crippen LogP contribution in [-0.4, -0.2) is 23.0 Å². The topological polar surface area (TPSA) is 48.3 Å². The largest absolute Gasteiger partial charge is 0.345 e. The molecule has 0 aromatic carbocycles. The molecular formula is C16H23N3O2S. The van der Waals surface area contributed by atoms with Gasteiger partial charge in [-0.05, 0) is 37.8 Å². The molecule has 2 aromatic rings. The molecule has 5 nitrogen and oxygen atoms in total. The van der Waals surface area contributed by atoms with Gasteiger partial charge in [0, 0.05) is 30.9 Å². The van der Waals surface area contributed by atoms with Gasteiger partial charge in [-0.3, -0.25) is 4.68 Å². The van der Waals surface area contributed by atoms with E-state index in [0.29, 0.717) is 13.2 Å². The molecule has 0 radical (unpaired) electrons. The van der Waals surface area contributed by atoms with Crippen LogP contribution < -0.4 is 5.32 Å². The lowest BCUT2D eigenvalue weighted by molar-refractivity contribution is -0.0413. The molecule has 1 aliphatic heterocycles. The van der Waals surface area contributed by atoms with Crippen LogP contribution in [0.5, 0.6) is 0 Å². The molecule has 0 aliphatic carbocycles. The lowest BCUT2D eigenvalue weighted by Gasteiger charge is -2.06. The molecule has 6 heteroatoms. The van der Waals surface area contributed by atoms with Crippen LogP contribution >= 0.6 is 11.3 Å². The third kappa shape index (κ3) is 3.25. The summed E-state index contributed by atoms with van der Waals surface area (Å²) in [4.78, 5) is 1.15. The smallest absolute Gasteiger partial charge is 0.193 e. The van der Waals surface area contributed by atoms with Crippen molar-refractivity contribution in [1.82, 2.24) is 15.1 Å². The first-order valence-electron chi connectivity index (χ1n) is 7.73. The molecule has 2 aromatic heterocycles. The lowest BCUT2D eigenvalue weighted by atomic mass is 10.2. The van der Waals surface area contributed by atoms with Gasteiger partial charge < -0.3 is 14.8 Å². The Labute approximate surface area is 135 Å². The summed E-state index contributed by atoms with van der Waals surface area (Å²) < 4.78 is 13.1. The standard InChI is InChI=1S/C16H23N3O2S/c1-4-19-12(3)14(11(2)18-19)9-17-8-13-7-15(22-10-13)16-20-5-6-21-16/h7,10,16-17H,4-6,8-9H2,1-3H3. The second kappa shape index (κ2) is 6.91. The number of rotatable bonds is 6. The van der Waals surface area contributed by atoms with Gasteiger partial charge in [-0.15, -0.1) is 11.3 Å². The van der Waals surface area contributed by atoms with E-state index in [2.05, 4.69) is 47.3 Å². The minimum absolute atomic E-state index is 0.161. The van der Waals surface area contributed by atoms with Crippen molar-refractivity contribution >= 4 is 11.3 Å². The highest BCUT2D eigenvalue weighted by molar-refractivity contribution is 7.10. The van der Waals surface area contributed by atoms with E-state index in [4.69, 9.17) is 9.47 Å². The maximum atomic E-state index is 5.53. The van der Waals surface area contributed by atoms with E-state index in [1.165, 1.54) is 16.8 Å². The van der Waals surface area contributed by atoms with E-state index < -0.39 is 0 Å². The van der Waals surface area contributed by atoms with E-state index in [1.54, 1.807) is 11.3 Å². The van der Waals surface area contributed by atoms with Crippen molar-refractivity contribution in [1.29, 1.82) is 0 Å². The molecule has 0 spiro atoms. The van der Waals surface area contributed by atoms with Gasteiger partial charge in [-0.1, -0.05) is 0 Å². The van der Waals surface area contributed by atoms with Crippen molar-refractivity contribution < 1.29 is 9.47 Å². The summed E-state index contributed by atoms with van der Waals surface area (Å²) in [6, 6.07) is 2.17. The maximum Gasteiger partial charge on any atom is 0.193 e. The fourth-order valence-corrected chi connectivity index (χ4v) is 3.67. The van der Waals surface area contributed by atoms with E-state index in [1.807, 2.05) is 0 Å². The van der Waals surface area contributed by atoms with Crippen molar-refractivity contribution in [2.75, 3.05) is 13.2 Å². The van der Waals surface area contributed by atoms with Crippen LogP contribution in [0.2, 0.25) is 0 Å². The lowest BCUT2D eigenvalue weighted by Crippen LogP contribution is -2.13. The summed E-state index contributed by atoms with van der Waals surface area (Å²) in [6.07, 6.45) is -0.161. The zero-order chi connectivity index (χ0) is 15.5. The average molecular weight is 321 g/mol. The molecule has 1 saturated heterocycles. The van der Waals surface area contributed by atoms with Gasteiger partial charge in [0.05, 0.1) is 23.8 Å². The SMILES string of the molecule is CCn1nc(C)c(CNCc2csc(C3OCCO3)c2)c1C. The highest BCUT2D eigenvalue weighted by Crippen LogP contribution is 2.28. The van der Waals surface area contributed by atoms with Crippen LogP contribution in [0, 0.1) is 13.8 Å². The summed E-state index contributed by atoms with van der Waals surface area (Å²) in [7, 11) is 0. The highest BCUT2D eigenvalue weighted by atomic mass is 32.1. The van der Waals surface area contributed by atoms with Gasteiger partial charge in [0.15, 0.2) is 6.29 Å². The first-order chi connectivity index (χ1) is 10.7. The predicted molar refractivity (Wildman–Crippen MR) is 86.9 cm³/mol. The molecule has 0 atom stereocenters. The molecule has 0 saturated carbocycles. The summed E-state index contributed by atoms with van der Waals surface area (Å²) in [5, 5.41) is 10.2. The van der Waals surface area contributed by atoms with Gasteiger partial charge in [-0.25, -0.2) is 0 Å².